The van der Waals surface area contributed by atoms with Crippen LogP contribution in [-0.2, 0) is 11.2 Å². The number of carbonyl (C=O) groups is 1. The summed E-state index contributed by atoms with van der Waals surface area (Å²) in [4.78, 5) is 15.9. The lowest BCUT2D eigenvalue weighted by Gasteiger charge is -2.26. The zero-order valence-electron chi connectivity index (χ0n) is 11.3. The fourth-order valence-corrected chi connectivity index (χ4v) is 2.56. The molecule has 1 aromatic heterocycles. The molecule has 19 heavy (non-hydrogen) atoms. The number of nitrogens with two attached hydrogens (primary N) is 1. The van der Waals surface area contributed by atoms with Gasteiger partial charge in [0.2, 0.25) is 5.91 Å². The summed E-state index contributed by atoms with van der Waals surface area (Å²) < 4.78 is 0. The molecule has 1 aliphatic carbocycles. The first-order chi connectivity index (χ1) is 9.24. The van der Waals surface area contributed by atoms with Gasteiger partial charge >= 0.3 is 0 Å². The second kappa shape index (κ2) is 7.24. The van der Waals surface area contributed by atoms with Crippen molar-refractivity contribution in [2.75, 3.05) is 0 Å². The van der Waals surface area contributed by atoms with Crippen LogP contribution in [0.25, 0.3) is 0 Å². The molecule has 0 saturated heterocycles. The summed E-state index contributed by atoms with van der Waals surface area (Å²) in [5.41, 5.74) is 7.05. The van der Waals surface area contributed by atoms with Gasteiger partial charge in [-0.3, -0.25) is 9.78 Å². The molecule has 1 heterocycles. The number of nitrogens with one attached hydrogen (secondary N) is 1. The molecule has 0 unspecified atom stereocenters. The van der Waals surface area contributed by atoms with Crippen molar-refractivity contribution < 1.29 is 4.79 Å². The quantitative estimate of drug-likeness (QED) is 0.849. The number of pyridine rings is 1. The molecule has 4 heteroatoms. The third-order valence-corrected chi connectivity index (χ3v) is 3.73. The topological polar surface area (TPSA) is 68.0 Å². The van der Waals surface area contributed by atoms with Crippen LogP contribution >= 0.6 is 0 Å². The zero-order chi connectivity index (χ0) is 13.5. The van der Waals surface area contributed by atoms with Gasteiger partial charge in [0, 0.05) is 30.9 Å². The van der Waals surface area contributed by atoms with Crippen molar-refractivity contribution in [1.82, 2.24) is 10.3 Å². The molecule has 1 saturated carbocycles. The van der Waals surface area contributed by atoms with Crippen molar-refractivity contribution in [2.45, 2.75) is 57.0 Å². The van der Waals surface area contributed by atoms with Crippen LogP contribution in [0.15, 0.2) is 24.5 Å². The van der Waals surface area contributed by atoms with Crippen LogP contribution in [0, 0.1) is 0 Å². The Morgan fingerprint density at radius 3 is 2.84 bits per heavy atom. The van der Waals surface area contributed by atoms with E-state index >= 15 is 0 Å². The Hall–Kier alpha value is -1.42. The van der Waals surface area contributed by atoms with Crippen molar-refractivity contribution in [3.63, 3.8) is 0 Å². The molecule has 104 valence electrons. The molecular formula is C15H23N3O. The highest BCUT2D eigenvalue weighted by Crippen LogP contribution is 2.17. The summed E-state index contributed by atoms with van der Waals surface area (Å²) in [6, 6.07) is 4.65. The Bertz CT molecular complexity index is 386. The first-order valence-corrected chi connectivity index (χ1v) is 7.18. The molecule has 0 atom stereocenters. The first kappa shape index (κ1) is 14.0. The Labute approximate surface area is 114 Å². The molecular weight excluding hydrogens is 238 g/mol. The summed E-state index contributed by atoms with van der Waals surface area (Å²) in [7, 11) is 0. The third kappa shape index (κ3) is 4.99. The van der Waals surface area contributed by atoms with Crippen LogP contribution in [0.4, 0.5) is 0 Å². The minimum Gasteiger partial charge on any atom is -0.353 e. The summed E-state index contributed by atoms with van der Waals surface area (Å²) in [6.07, 6.45) is 10.1. The summed E-state index contributed by atoms with van der Waals surface area (Å²) in [6.45, 7) is 0. The minimum atomic E-state index is 0.171. The van der Waals surface area contributed by atoms with E-state index in [0.717, 1.165) is 38.5 Å². The lowest BCUT2D eigenvalue weighted by molar-refractivity contribution is -0.122. The summed E-state index contributed by atoms with van der Waals surface area (Å²) >= 11 is 0. The van der Waals surface area contributed by atoms with Crippen molar-refractivity contribution >= 4 is 5.91 Å². The Kier molecular flexibility index (Phi) is 5.33. The van der Waals surface area contributed by atoms with Crippen LogP contribution in [0.5, 0.6) is 0 Å². The highest BCUT2D eigenvalue weighted by atomic mass is 16.1. The van der Waals surface area contributed by atoms with Gasteiger partial charge in [-0.25, -0.2) is 0 Å². The van der Waals surface area contributed by atoms with Gasteiger partial charge in [0.1, 0.15) is 0 Å². The van der Waals surface area contributed by atoms with E-state index < -0.39 is 0 Å². The van der Waals surface area contributed by atoms with Gasteiger partial charge in [-0.1, -0.05) is 6.07 Å². The van der Waals surface area contributed by atoms with Crippen LogP contribution in [0.3, 0.4) is 0 Å². The number of amides is 1. The number of hydrogen-bond acceptors (Lipinski definition) is 3. The molecule has 1 aliphatic rings. The smallest absolute Gasteiger partial charge is 0.220 e. The monoisotopic (exact) mass is 261 g/mol. The molecule has 0 spiro atoms. The largest absolute Gasteiger partial charge is 0.353 e. The molecule has 3 N–H and O–H groups in total. The molecule has 1 fully saturated rings. The van der Waals surface area contributed by atoms with Crippen molar-refractivity contribution in [1.29, 1.82) is 0 Å². The number of hydrogen-bond donors (Lipinski definition) is 2. The lowest BCUT2D eigenvalue weighted by Crippen LogP contribution is -2.40. The van der Waals surface area contributed by atoms with Gasteiger partial charge in [0.05, 0.1) is 0 Å². The number of carbonyl (C=O) groups excluding carboxylic acids is 1. The van der Waals surface area contributed by atoms with Gasteiger partial charge in [0.15, 0.2) is 0 Å². The minimum absolute atomic E-state index is 0.171. The van der Waals surface area contributed by atoms with E-state index in [4.69, 9.17) is 5.73 Å². The SMILES string of the molecule is NC1CCC(NC(=O)CCCc2cccnc2)CC1. The fraction of sp³-hybridized carbons (Fsp3) is 0.600. The van der Waals surface area contributed by atoms with Crippen molar-refractivity contribution in [3.05, 3.63) is 30.1 Å². The van der Waals surface area contributed by atoms with Crippen molar-refractivity contribution in [3.8, 4) is 0 Å². The Morgan fingerprint density at radius 2 is 2.16 bits per heavy atom. The lowest BCUT2D eigenvalue weighted by atomic mass is 9.92. The zero-order valence-corrected chi connectivity index (χ0v) is 11.3. The van der Waals surface area contributed by atoms with Gasteiger partial charge in [-0.05, 0) is 50.2 Å². The molecule has 0 radical (unpaired) electrons. The molecule has 4 nitrogen and oxygen atoms in total. The van der Waals surface area contributed by atoms with E-state index in [0.29, 0.717) is 18.5 Å². The van der Waals surface area contributed by atoms with E-state index in [9.17, 15) is 4.79 Å². The van der Waals surface area contributed by atoms with Crippen molar-refractivity contribution in [2.24, 2.45) is 5.73 Å². The summed E-state index contributed by atoms with van der Waals surface area (Å²) in [5.74, 6) is 0.171. The number of rotatable bonds is 5. The number of aromatic nitrogens is 1. The van der Waals surface area contributed by atoms with E-state index in [-0.39, 0.29) is 5.91 Å². The molecule has 0 aromatic carbocycles. The molecule has 0 aliphatic heterocycles. The van der Waals surface area contributed by atoms with Gasteiger partial charge in [-0.2, -0.15) is 0 Å². The van der Waals surface area contributed by atoms with Gasteiger partial charge in [0.25, 0.3) is 0 Å². The first-order valence-electron chi connectivity index (χ1n) is 7.18. The third-order valence-electron chi connectivity index (χ3n) is 3.73. The van der Waals surface area contributed by atoms with Crippen LogP contribution in [-0.4, -0.2) is 23.0 Å². The normalized spacial score (nSPS) is 23.0. The maximum Gasteiger partial charge on any atom is 0.220 e. The Morgan fingerprint density at radius 1 is 1.37 bits per heavy atom. The van der Waals surface area contributed by atoms with Gasteiger partial charge < -0.3 is 11.1 Å². The van der Waals surface area contributed by atoms with E-state index in [1.165, 1.54) is 5.56 Å². The Balaban J connectivity index is 1.62. The highest BCUT2D eigenvalue weighted by molar-refractivity contribution is 5.76. The molecule has 1 amide bonds. The van der Waals surface area contributed by atoms with E-state index in [1.807, 2.05) is 18.3 Å². The average Bonchev–Trinajstić information content (AvgIpc) is 2.43. The van der Waals surface area contributed by atoms with E-state index in [1.54, 1.807) is 6.20 Å². The second-order valence-electron chi connectivity index (χ2n) is 5.39. The average molecular weight is 261 g/mol. The highest BCUT2D eigenvalue weighted by Gasteiger charge is 2.19. The predicted octanol–water partition coefficient (Wildman–Crippen LogP) is 1.79. The molecule has 2 rings (SSSR count). The number of nitrogens with zero attached hydrogens (tertiary/aromatic N) is 1. The van der Waals surface area contributed by atoms with E-state index in [2.05, 4.69) is 10.3 Å². The second-order valence-corrected chi connectivity index (χ2v) is 5.39. The van der Waals surface area contributed by atoms with Gasteiger partial charge in [-0.15, -0.1) is 0 Å². The predicted molar refractivity (Wildman–Crippen MR) is 75.5 cm³/mol. The fourth-order valence-electron chi connectivity index (χ4n) is 2.56. The molecule has 0 bridgehead atoms. The number of aryl methyl sites for hydroxylation is 1. The molecule has 1 aromatic rings. The van der Waals surface area contributed by atoms with Crippen LogP contribution in [0.2, 0.25) is 0 Å². The summed E-state index contributed by atoms with van der Waals surface area (Å²) in [5, 5.41) is 3.12. The maximum absolute atomic E-state index is 11.8. The standard InChI is InChI=1S/C15H23N3O/c16-13-6-8-14(9-7-13)18-15(19)5-1-3-12-4-2-10-17-11-12/h2,4,10-11,13-14H,1,3,5-9,16H2,(H,18,19). The maximum atomic E-state index is 11.8. The van der Waals surface area contributed by atoms with Crippen LogP contribution < -0.4 is 11.1 Å². The van der Waals surface area contributed by atoms with Crippen LogP contribution in [0.1, 0.15) is 44.1 Å².